The molecule has 5 N–H and O–H groups in total. The Labute approximate surface area is 128 Å². The van der Waals surface area contributed by atoms with E-state index in [4.69, 9.17) is 11.5 Å². The topological polar surface area (TPSA) is 98.2 Å². The summed E-state index contributed by atoms with van der Waals surface area (Å²) in [6.45, 7) is 5.59. The summed E-state index contributed by atoms with van der Waals surface area (Å²) in [6.07, 6.45) is 9.34. The smallest absolute Gasteiger partial charge is 0.237 e. The van der Waals surface area contributed by atoms with Crippen LogP contribution in [0, 0.1) is 5.41 Å². The summed E-state index contributed by atoms with van der Waals surface area (Å²) in [5.74, 6) is -0.372. The molecule has 0 rings (SSSR count). The third-order valence-corrected chi connectivity index (χ3v) is 3.81. The molecule has 0 aromatic carbocycles. The van der Waals surface area contributed by atoms with Crippen molar-refractivity contribution in [2.24, 2.45) is 16.9 Å². The first-order chi connectivity index (χ1) is 9.63. The van der Waals surface area contributed by atoms with E-state index in [9.17, 15) is 9.59 Å². The van der Waals surface area contributed by atoms with Crippen molar-refractivity contribution in [2.75, 3.05) is 7.05 Å². The van der Waals surface area contributed by atoms with Gasteiger partial charge in [-0.15, -0.1) is 0 Å². The fraction of sp³-hybridized carbons (Fsp3) is 0.750. The van der Waals surface area contributed by atoms with Crippen LogP contribution >= 0.6 is 0 Å². The number of carbonyl (C=O) groups excluding carboxylic acids is 2. The molecule has 0 saturated heterocycles. The minimum absolute atomic E-state index is 0.0835. The van der Waals surface area contributed by atoms with Crippen molar-refractivity contribution in [3.63, 3.8) is 0 Å². The molecule has 5 heteroatoms. The van der Waals surface area contributed by atoms with E-state index in [0.717, 1.165) is 32.1 Å². The number of nitrogens with two attached hydrogens (primary N) is 2. The molecule has 0 bridgehead atoms. The van der Waals surface area contributed by atoms with Crippen LogP contribution in [0.25, 0.3) is 0 Å². The zero-order chi connectivity index (χ0) is 16.5. The molecule has 0 fully saturated rings. The highest BCUT2D eigenvalue weighted by Gasteiger charge is 2.25. The molecule has 122 valence electrons. The Morgan fingerprint density at radius 1 is 1.05 bits per heavy atom. The minimum atomic E-state index is -0.911. The number of carbonyl (C=O) groups is 2. The van der Waals surface area contributed by atoms with Gasteiger partial charge >= 0.3 is 0 Å². The standard InChI is InChI=1S/C16H31N3O2/c1-15(2,14(21)19-4)11-9-7-5-6-8-10-12-16(3,18)13(17)20/h5-6H,7-12,18H2,1-4H3,(H2,17,20)(H,19,21)/b6-5+/t16-/m0/s1. The Morgan fingerprint density at radius 2 is 1.52 bits per heavy atom. The normalized spacial score (nSPS) is 14.9. The number of unbranched alkanes of at least 4 members (excludes halogenated alkanes) is 2. The number of nitrogens with one attached hydrogen (secondary N) is 1. The van der Waals surface area contributed by atoms with Crippen LogP contribution < -0.4 is 16.8 Å². The van der Waals surface area contributed by atoms with Gasteiger partial charge in [0.2, 0.25) is 11.8 Å². The largest absolute Gasteiger partial charge is 0.368 e. The second-order valence-electron chi connectivity index (χ2n) is 6.50. The molecule has 0 spiro atoms. The Kier molecular flexibility index (Phi) is 8.25. The monoisotopic (exact) mass is 297 g/mol. The summed E-state index contributed by atoms with van der Waals surface area (Å²) in [5.41, 5.74) is 9.76. The van der Waals surface area contributed by atoms with E-state index >= 15 is 0 Å². The second-order valence-corrected chi connectivity index (χ2v) is 6.50. The van der Waals surface area contributed by atoms with Gasteiger partial charge in [-0.3, -0.25) is 9.59 Å². The minimum Gasteiger partial charge on any atom is -0.368 e. The fourth-order valence-corrected chi connectivity index (χ4v) is 2.06. The molecule has 0 aliphatic carbocycles. The SMILES string of the molecule is CNC(=O)C(C)(C)CCC/C=C/CCC[C@](C)(N)C(N)=O. The number of hydrogen-bond donors (Lipinski definition) is 3. The number of allylic oxidation sites excluding steroid dienone is 2. The zero-order valence-electron chi connectivity index (χ0n) is 13.9. The lowest BCUT2D eigenvalue weighted by atomic mass is 9.86. The summed E-state index contributed by atoms with van der Waals surface area (Å²) < 4.78 is 0. The Morgan fingerprint density at radius 3 is 1.95 bits per heavy atom. The predicted molar refractivity (Wildman–Crippen MR) is 86.5 cm³/mol. The Balaban J connectivity index is 3.81. The highest BCUT2D eigenvalue weighted by atomic mass is 16.2. The van der Waals surface area contributed by atoms with E-state index in [-0.39, 0.29) is 11.3 Å². The molecule has 21 heavy (non-hydrogen) atoms. The maximum absolute atomic E-state index is 11.6. The summed E-state index contributed by atoms with van der Waals surface area (Å²) in [6, 6.07) is 0. The van der Waals surface area contributed by atoms with Gasteiger partial charge in [0, 0.05) is 12.5 Å². The van der Waals surface area contributed by atoms with Crippen LogP contribution in [0.4, 0.5) is 0 Å². The zero-order valence-corrected chi connectivity index (χ0v) is 13.9. The van der Waals surface area contributed by atoms with Crippen LogP contribution in [0.2, 0.25) is 0 Å². The first kappa shape index (κ1) is 19.6. The van der Waals surface area contributed by atoms with Crippen LogP contribution in [0.15, 0.2) is 12.2 Å². The average Bonchev–Trinajstić information content (AvgIpc) is 2.40. The number of primary amides is 1. The molecule has 0 aliphatic heterocycles. The van der Waals surface area contributed by atoms with Gasteiger partial charge in [-0.1, -0.05) is 26.0 Å². The third kappa shape index (κ3) is 7.85. The van der Waals surface area contributed by atoms with Crippen molar-refractivity contribution >= 4 is 11.8 Å². The van der Waals surface area contributed by atoms with Crippen LogP contribution in [-0.4, -0.2) is 24.4 Å². The lowest BCUT2D eigenvalue weighted by Crippen LogP contribution is -2.49. The summed E-state index contributed by atoms with van der Waals surface area (Å²) in [4.78, 5) is 22.7. The van der Waals surface area contributed by atoms with E-state index in [1.54, 1.807) is 14.0 Å². The lowest BCUT2D eigenvalue weighted by molar-refractivity contribution is -0.129. The van der Waals surface area contributed by atoms with Crippen molar-refractivity contribution < 1.29 is 9.59 Å². The number of amides is 2. The van der Waals surface area contributed by atoms with Crippen LogP contribution in [0.1, 0.15) is 59.3 Å². The first-order valence-electron chi connectivity index (χ1n) is 7.59. The average molecular weight is 297 g/mol. The van der Waals surface area contributed by atoms with Gasteiger partial charge in [-0.05, 0) is 45.4 Å². The van der Waals surface area contributed by atoms with Crippen molar-refractivity contribution in [3.8, 4) is 0 Å². The van der Waals surface area contributed by atoms with Gasteiger partial charge in [0.25, 0.3) is 0 Å². The molecule has 0 unspecified atom stereocenters. The summed E-state index contributed by atoms with van der Waals surface area (Å²) >= 11 is 0. The van der Waals surface area contributed by atoms with E-state index in [1.807, 2.05) is 13.8 Å². The first-order valence-corrected chi connectivity index (χ1v) is 7.59. The van der Waals surface area contributed by atoms with Crippen LogP contribution in [0.5, 0.6) is 0 Å². The molecular formula is C16H31N3O2. The molecule has 1 atom stereocenters. The Hall–Kier alpha value is -1.36. The molecule has 0 saturated carbocycles. The van der Waals surface area contributed by atoms with Gasteiger partial charge in [0.05, 0.1) is 5.54 Å². The molecule has 0 aromatic rings. The molecule has 0 aliphatic rings. The van der Waals surface area contributed by atoms with Crippen molar-refractivity contribution in [1.82, 2.24) is 5.32 Å². The van der Waals surface area contributed by atoms with Gasteiger partial charge < -0.3 is 16.8 Å². The van der Waals surface area contributed by atoms with Crippen LogP contribution in [0.3, 0.4) is 0 Å². The van der Waals surface area contributed by atoms with Crippen LogP contribution in [-0.2, 0) is 9.59 Å². The highest BCUT2D eigenvalue weighted by molar-refractivity contribution is 5.83. The van der Waals surface area contributed by atoms with Gasteiger partial charge in [-0.25, -0.2) is 0 Å². The van der Waals surface area contributed by atoms with Gasteiger partial charge in [0.15, 0.2) is 0 Å². The van der Waals surface area contributed by atoms with E-state index in [1.165, 1.54) is 0 Å². The van der Waals surface area contributed by atoms with Crippen molar-refractivity contribution in [2.45, 2.75) is 64.8 Å². The fourth-order valence-electron chi connectivity index (χ4n) is 2.06. The van der Waals surface area contributed by atoms with Gasteiger partial charge in [-0.2, -0.15) is 0 Å². The van der Waals surface area contributed by atoms with E-state index in [2.05, 4.69) is 17.5 Å². The van der Waals surface area contributed by atoms with Crippen molar-refractivity contribution in [1.29, 1.82) is 0 Å². The second kappa shape index (κ2) is 8.82. The maximum atomic E-state index is 11.6. The molecule has 5 nitrogen and oxygen atoms in total. The molecule has 0 aromatic heterocycles. The summed E-state index contributed by atoms with van der Waals surface area (Å²) in [7, 11) is 1.67. The Bertz CT molecular complexity index is 374. The third-order valence-electron chi connectivity index (χ3n) is 3.81. The van der Waals surface area contributed by atoms with Gasteiger partial charge in [0.1, 0.15) is 0 Å². The number of hydrogen-bond acceptors (Lipinski definition) is 3. The van der Waals surface area contributed by atoms with E-state index in [0.29, 0.717) is 6.42 Å². The molecular weight excluding hydrogens is 266 g/mol. The predicted octanol–water partition coefficient (Wildman–Crippen LogP) is 1.86. The maximum Gasteiger partial charge on any atom is 0.237 e. The molecule has 0 heterocycles. The highest BCUT2D eigenvalue weighted by Crippen LogP contribution is 2.23. The number of rotatable bonds is 10. The molecule has 2 amide bonds. The molecule has 0 radical (unpaired) electrons. The van der Waals surface area contributed by atoms with E-state index < -0.39 is 11.4 Å². The summed E-state index contributed by atoms with van der Waals surface area (Å²) in [5, 5.41) is 2.69. The van der Waals surface area contributed by atoms with Crippen molar-refractivity contribution in [3.05, 3.63) is 12.2 Å². The lowest BCUT2D eigenvalue weighted by Gasteiger charge is -2.21. The quantitative estimate of drug-likeness (QED) is 0.424.